The van der Waals surface area contributed by atoms with Gasteiger partial charge in [-0.15, -0.1) is 11.8 Å². The molecule has 11 aromatic carbocycles. The minimum absolute atomic E-state index is 0.196. The molecule has 0 saturated carbocycles. The van der Waals surface area contributed by atoms with E-state index in [-0.39, 0.29) is 23.0 Å². The molecule has 0 amide bonds. The highest BCUT2D eigenvalue weighted by Crippen LogP contribution is 2.33. The van der Waals surface area contributed by atoms with Gasteiger partial charge in [-0.05, 0) is 240 Å². The number of thioether (sulfide) groups is 2. The van der Waals surface area contributed by atoms with Crippen LogP contribution >= 0.6 is 23.5 Å². The number of hydrogen-bond acceptors (Lipinski definition) is 12. The number of rotatable bonds is 38. The van der Waals surface area contributed by atoms with Crippen LogP contribution in [0.5, 0.6) is 46.0 Å². The standard InChI is InChI=1S/3C11H14F2O.4C11H16O.C11H16.C10H12F2O.C10H14O.C10H14S.C5H12O.C5H12S/c3*1-8(2)11(12,13)14-10-6-4-9(3)5-7-10;3*1-9(2)8-12-11-6-4-10(3)5-7-11;1-10(2)8-12-9-11-6-4-3-5-7-11;1-10(2)8-9-11-6-4-3-5-7-11;1-8(2)10(11,12)13-9-6-4-3-5-7-9;2*1-9(2)8-11-10-6-4-3-5-7-10;2*1-5(2)4-6-3/h3*4-8H,1-3H3;3*4-7,9H,8H2,1-3H3;3-7,10H,8-9H2,1-2H3;3-7,10H,8-9H2,1-2H3;3-8H,1-2H3;2*3-7,9H,8H2,1-2H3;2*5H,4H2,1-3H3. The zero-order valence-corrected chi connectivity index (χ0v) is 97.6. The quantitative estimate of drug-likeness (QED) is 0.0273. The van der Waals surface area contributed by atoms with Crippen molar-refractivity contribution in [3.05, 3.63) is 342 Å². The molecule has 0 fully saturated rings. The summed E-state index contributed by atoms with van der Waals surface area (Å²) in [4.78, 5) is 1.38. The fraction of sp³-hybridized carbons (Fsp3) is 0.484. The van der Waals surface area contributed by atoms with Crippen LogP contribution in [0.4, 0.5) is 35.1 Å². The van der Waals surface area contributed by atoms with E-state index in [0.717, 1.165) is 104 Å². The molecule has 11 aromatic rings. The number of benzene rings is 11. The SMILES string of the molecule is CC(C)C(F)(F)Oc1ccccc1.CC(C)CCc1ccccc1.CC(C)COCc1ccccc1.CC(C)COc1ccccc1.CC(C)CSc1ccccc1.COCC(C)C.CSCC(C)C.Cc1ccc(OC(F)(F)C(C)C)cc1.Cc1ccc(OC(F)(F)C(C)C)cc1.Cc1ccc(OC(F)(F)C(C)C)cc1.Cc1ccc(OCC(C)C)cc1.Cc1ccc(OCC(C)C)cc1.Cc1ccc(OCC(C)C)cc1. The summed E-state index contributed by atoms with van der Waals surface area (Å²) in [5.41, 5.74) is 9.57. The molecule has 0 unspecified atom stereocenters. The second kappa shape index (κ2) is 81.7. The van der Waals surface area contributed by atoms with Crippen molar-refractivity contribution in [3.63, 3.8) is 0 Å². The average molecular weight is 2100 g/mol. The molecule has 0 aliphatic carbocycles. The average Bonchev–Trinajstić information content (AvgIpc) is 0.870. The summed E-state index contributed by atoms with van der Waals surface area (Å²) in [6.07, 6.45) is -7.75. The third-order valence-electron chi connectivity index (χ3n) is 19.4. The Morgan fingerprint density at radius 1 is 0.230 bits per heavy atom. The Bertz CT molecular complexity index is 4460. The van der Waals surface area contributed by atoms with Crippen LogP contribution in [0.2, 0.25) is 0 Å². The molecule has 0 N–H and O–H groups in total. The van der Waals surface area contributed by atoms with E-state index >= 15 is 0 Å². The van der Waals surface area contributed by atoms with Crippen LogP contribution < -0.4 is 37.9 Å². The molecule has 0 spiro atoms. The lowest BCUT2D eigenvalue weighted by atomic mass is 10.0. The number of halogens is 8. The zero-order valence-electron chi connectivity index (χ0n) is 96.0. The van der Waals surface area contributed by atoms with Gasteiger partial charge in [0.05, 0.1) is 56.7 Å². The topological polar surface area (TPSA) is 92.3 Å². The van der Waals surface area contributed by atoms with Crippen LogP contribution in [-0.2, 0) is 22.5 Å². The molecule has 0 saturated heterocycles. The minimum atomic E-state index is -3.10. The second-order valence-corrected chi connectivity index (χ2v) is 43.1. The summed E-state index contributed by atoms with van der Waals surface area (Å²) in [6, 6.07) is 93.7. The first-order valence-electron chi connectivity index (χ1n) is 52.1. The van der Waals surface area contributed by atoms with Gasteiger partial charge in [-0.2, -0.15) is 46.9 Å². The van der Waals surface area contributed by atoms with Gasteiger partial charge < -0.3 is 47.4 Å². The van der Waals surface area contributed by atoms with Crippen LogP contribution in [0.15, 0.2) is 302 Å². The van der Waals surface area contributed by atoms with Gasteiger partial charge in [0.1, 0.15) is 46.0 Å². The van der Waals surface area contributed by atoms with Crippen molar-refractivity contribution in [3.8, 4) is 46.0 Å². The Balaban J connectivity index is 0. The van der Waals surface area contributed by atoms with Gasteiger partial charge in [-0.25, -0.2) is 0 Å². The highest BCUT2D eigenvalue weighted by molar-refractivity contribution is 7.99. The molecule has 0 aromatic heterocycles. The van der Waals surface area contributed by atoms with Crippen LogP contribution in [0, 0.1) is 118 Å². The second-order valence-electron chi connectivity index (χ2n) is 41.1. The monoisotopic (exact) mass is 2100 g/mol. The normalized spacial score (nSPS) is 10.9. The van der Waals surface area contributed by atoms with Gasteiger partial charge >= 0.3 is 24.4 Å². The lowest BCUT2D eigenvalue weighted by molar-refractivity contribution is -0.207. The van der Waals surface area contributed by atoms with Gasteiger partial charge in [-0.3, -0.25) is 0 Å². The first-order chi connectivity index (χ1) is 69.5. The van der Waals surface area contributed by atoms with Crippen LogP contribution in [0.25, 0.3) is 0 Å². The van der Waals surface area contributed by atoms with Crippen LogP contribution in [0.3, 0.4) is 0 Å². The van der Waals surface area contributed by atoms with Crippen molar-refractivity contribution in [1.82, 2.24) is 0 Å². The highest BCUT2D eigenvalue weighted by atomic mass is 32.2. The number of para-hydroxylation sites is 2. The van der Waals surface area contributed by atoms with E-state index < -0.39 is 48.1 Å². The molecule has 0 aliphatic heterocycles. The van der Waals surface area contributed by atoms with Gasteiger partial charge in [0.15, 0.2) is 0 Å². The number of ether oxygens (including phenoxy) is 10. The Labute approximate surface area is 899 Å². The molecule has 10 nitrogen and oxygen atoms in total. The molecule has 0 radical (unpaired) electrons. The predicted octanol–water partition coefficient (Wildman–Crippen LogP) is 38.9. The molecule has 11 rings (SSSR count). The number of alkyl halides is 8. The van der Waals surface area contributed by atoms with Crippen LogP contribution in [0.1, 0.15) is 231 Å². The summed E-state index contributed by atoms with van der Waals surface area (Å²) < 4.78 is 155. The Hall–Kier alpha value is -10.1. The van der Waals surface area contributed by atoms with Crippen molar-refractivity contribution >= 4 is 23.5 Å². The van der Waals surface area contributed by atoms with E-state index in [4.69, 9.17) is 28.4 Å². The number of hydrogen-bond donors (Lipinski definition) is 0. The lowest BCUT2D eigenvalue weighted by Gasteiger charge is -2.21. The number of methoxy groups -OCH3 is 1. The molecular weight excluding hydrogens is 1910 g/mol. The maximum atomic E-state index is 13.1. The largest absolute Gasteiger partial charge is 0.493 e. The maximum Gasteiger partial charge on any atom is 0.400 e. The molecule has 148 heavy (non-hydrogen) atoms. The fourth-order valence-corrected chi connectivity index (χ4v) is 12.0. The molecular formula is C128H186F8O10S2. The van der Waals surface area contributed by atoms with Gasteiger partial charge in [0.2, 0.25) is 0 Å². The van der Waals surface area contributed by atoms with E-state index in [9.17, 15) is 35.1 Å². The predicted molar refractivity (Wildman–Crippen MR) is 615 cm³/mol. The maximum absolute atomic E-state index is 13.1. The Morgan fingerprint density at radius 3 is 0.655 bits per heavy atom. The highest BCUT2D eigenvalue weighted by Gasteiger charge is 2.39. The molecule has 0 bridgehead atoms. The van der Waals surface area contributed by atoms with E-state index in [2.05, 4.69) is 280 Å². The van der Waals surface area contributed by atoms with Crippen molar-refractivity contribution in [2.24, 2.45) is 76.9 Å². The van der Waals surface area contributed by atoms with Crippen molar-refractivity contribution in [1.29, 1.82) is 0 Å². The first-order valence-corrected chi connectivity index (χ1v) is 54.5. The van der Waals surface area contributed by atoms with Gasteiger partial charge in [-0.1, -0.05) is 401 Å². The summed E-state index contributed by atoms with van der Waals surface area (Å²) in [5.74, 6) is 9.96. The lowest BCUT2D eigenvalue weighted by Crippen LogP contribution is -2.31. The smallest absolute Gasteiger partial charge is 0.400 e. The van der Waals surface area contributed by atoms with Crippen LogP contribution in [-0.4, -0.2) is 88.9 Å². The summed E-state index contributed by atoms with van der Waals surface area (Å²) in [5, 5.41) is 0. The summed E-state index contributed by atoms with van der Waals surface area (Å²) in [6.45, 7) is 68.2. The Morgan fingerprint density at radius 2 is 0.446 bits per heavy atom. The molecule has 0 atom stereocenters. The summed E-state index contributed by atoms with van der Waals surface area (Å²) in [7, 11) is 1.72. The minimum Gasteiger partial charge on any atom is -0.493 e. The molecule has 826 valence electrons. The first kappa shape index (κ1) is 140. The third kappa shape index (κ3) is 79.9. The van der Waals surface area contributed by atoms with E-state index in [1.807, 2.05) is 129 Å². The molecule has 0 aliphatic rings. The van der Waals surface area contributed by atoms with Crippen molar-refractivity contribution < 1.29 is 82.5 Å². The van der Waals surface area contributed by atoms with Gasteiger partial charge in [0, 0.05) is 31.0 Å². The van der Waals surface area contributed by atoms with E-state index in [0.29, 0.717) is 35.5 Å². The fourth-order valence-electron chi connectivity index (χ4n) is 10.4. The van der Waals surface area contributed by atoms with E-state index in [1.54, 1.807) is 98.1 Å². The van der Waals surface area contributed by atoms with E-state index in [1.165, 1.54) is 125 Å². The third-order valence-corrected chi connectivity index (χ3v) is 21.8. The summed E-state index contributed by atoms with van der Waals surface area (Å²) >= 11 is 3.84. The molecule has 20 heteroatoms. The zero-order chi connectivity index (χ0) is 112. The van der Waals surface area contributed by atoms with Crippen molar-refractivity contribution in [2.75, 3.05) is 64.5 Å². The molecule has 0 heterocycles. The van der Waals surface area contributed by atoms with Crippen molar-refractivity contribution in [2.45, 2.75) is 270 Å². The van der Waals surface area contributed by atoms with Gasteiger partial charge in [0.25, 0.3) is 0 Å². The number of aryl methyl sites for hydroxylation is 7. The Kier molecular flexibility index (Phi) is 77.2.